The van der Waals surface area contributed by atoms with Crippen LogP contribution in [0.15, 0.2) is 17.5 Å². The van der Waals surface area contributed by atoms with Crippen LogP contribution in [0.5, 0.6) is 0 Å². The van der Waals surface area contributed by atoms with Crippen LogP contribution in [0.4, 0.5) is 8.78 Å². The van der Waals surface area contributed by atoms with E-state index in [0.717, 1.165) is 18.9 Å². The SMILES string of the molecule is O=C(NC1CCC(F)(F)C(C2CC2NCC2CC2)C1)c1cccs1. The van der Waals surface area contributed by atoms with E-state index in [2.05, 4.69) is 10.6 Å². The number of alkyl halides is 2. The van der Waals surface area contributed by atoms with Crippen molar-refractivity contribution in [1.82, 2.24) is 10.6 Å². The molecular formula is C18H24F2N2OS. The molecule has 132 valence electrons. The van der Waals surface area contributed by atoms with Gasteiger partial charge >= 0.3 is 0 Å². The van der Waals surface area contributed by atoms with Crippen LogP contribution in [0.2, 0.25) is 0 Å². The molecular weight excluding hydrogens is 330 g/mol. The largest absolute Gasteiger partial charge is 0.349 e. The van der Waals surface area contributed by atoms with Gasteiger partial charge in [0.05, 0.1) is 4.88 Å². The number of hydrogen-bond acceptors (Lipinski definition) is 3. The van der Waals surface area contributed by atoms with Gasteiger partial charge in [0.2, 0.25) is 0 Å². The summed E-state index contributed by atoms with van der Waals surface area (Å²) in [6.07, 6.45) is 4.07. The second-order valence-corrected chi connectivity index (χ2v) is 8.59. The number of thiophene rings is 1. The van der Waals surface area contributed by atoms with E-state index in [9.17, 15) is 13.6 Å². The highest BCUT2D eigenvalue weighted by molar-refractivity contribution is 7.12. The van der Waals surface area contributed by atoms with E-state index in [1.165, 1.54) is 24.2 Å². The highest BCUT2D eigenvalue weighted by Gasteiger charge is 2.55. The Kier molecular flexibility index (Phi) is 4.37. The van der Waals surface area contributed by atoms with Crippen LogP contribution in [0.3, 0.4) is 0 Å². The molecule has 4 rings (SSSR count). The summed E-state index contributed by atoms with van der Waals surface area (Å²) >= 11 is 1.38. The maximum absolute atomic E-state index is 14.4. The quantitative estimate of drug-likeness (QED) is 0.818. The van der Waals surface area contributed by atoms with Crippen LogP contribution in [0.25, 0.3) is 0 Å². The first-order valence-corrected chi connectivity index (χ1v) is 9.86. The molecule has 4 atom stereocenters. The van der Waals surface area contributed by atoms with Crippen molar-refractivity contribution >= 4 is 17.2 Å². The Morgan fingerprint density at radius 1 is 1.29 bits per heavy atom. The summed E-state index contributed by atoms with van der Waals surface area (Å²) in [5.74, 6) is -2.48. The zero-order valence-electron chi connectivity index (χ0n) is 13.6. The molecule has 3 saturated carbocycles. The number of nitrogens with one attached hydrogen (secondary N) is 2. The van der Waals surface area contributed by atoms with Crippen molar-refractivity contribution in [3.8, 4) is 0 Å². The lowest BCUT2D eigenvalue weighted by atomic mass is 9.79. The molecule has 1 amide bonds. The van der Waals surface area contributed by atoms with Crippen molar-refractivity contribution in [2.45, 2.75) is 56.5 Å². The van der Waals surface area contributed by atoms with Gasteiger partial charge in [0.25, 0.3) is 11.8 Å². The average Bonchev–Trinajstić information content (AvgIpc) is 3.45. The summed E-state index contributed by atoms with van der Waals surface area (Å²) in [7, 11) is 0. The Bertz CT molecular complexity index is 588. The highest BCUT2D eigenvalue weighted by Crippen LogP contribution is 2.51. The molecule has 2 N–H and O–H groups in total. The van der Waals surface area contributed by atoms with Gasteiger partial charge in [-0.05, 0) is 61.9 Å². The molecule has 3 aliphatic carbocycles. The zero-order chi connectivity index (χ0) is 16.7. The summed E-state index contributed by atoms with van der Waals surface area (Å²) in [6, 6.07) is 3.73. The predicted octanol–water partition coefficient (Wildman–Crippen LogP) is 3.67. The molecule has 3 aliphatic rings. The van der Waals surface area contributed by atoms with Gasteiger partial charge in [-0.2, -0.15) is 0 Å². The van der Waals surface area contributed by atoms with Gasteiger partial charge in [0, 0.05) is 24.4 Å². The van der Waals surface area contributed by atoms with E-state index in [0.29, 0.717) is 17.7 Å². The van der Waals surface area contributed by atoms with E-state index < -0.39 is 11.8 Å². The summed E-state index contributed by atoms with van der Waals surface area (Å²) in [6.45, 7) is 0.984. The minimum atomic E-state index is -2.59. The van der Waals surface area contributed by atoms with Gasteiger partial charge in [-0.3, -0.25) is 4.79 Å². The summed E-state index contributed by atoms with van der Waals surface area (Å²) in [5, 5.41) is 8.28. The summed E-state index contributed by atoms with van der Waals surface area (Å²) in [4.78, 5) is 12.8. The molecule has 24 heavy (non-hydrogen) atoms. The van der Waals surface area contributed by atoms with Gasteiger partial charge in [-0.25, -0.2) is 8.78 Å². The number of carbonyl (C=O) groups is 1. The topological polar surface area (TPSA) is 41.1 Å². The maximum Gasteiger partial charge on any atom is 0.261 e. The third-order valence-corrected chi connectivity index (χ3v) is 6.58. The number of hydrogen-bond donors (Lipinski definition) is 2. The molecule has 4 unspecified atom stereocenters. The highest BCUT2D eigenvalue weighted by atomic mass is 32.1. The normalized spacial score (nSPS) is 34.8. The minimum absolute atomic E-state index is 0.0696. The minimum Gasteiger partial charge on any atom is -0.349 e. The van der Waals surface area contributed by atoms with E-state index in [-0.39, 0.29) is 30.3 Å². The lowest BCUT2D eigenvalue weighted by Gasteiger charge is -2.36. The first kappa shape index (κ1) is 16.5. The molecule has 1 aromatic heterocycles. The molecule has 0 radical (unpaired) electrons. The average molecular weight is 354 g/mol. The Morgan fingerprint density at radius 3 is 2.83 bits per heavy atom. The van der Waals surface area contributed by atoms with Crippen molar-refractivity contribution < 1.29 is 13.6 Å². The van der Waals surface area contributed by atoms with E-state index in [1.807, 2.05) is 11.4 Å². The van der Waals surface area contributed by atoms with E-state index in [4.69, 9.17) is 0 Å². The lowest BCUT2D eigenvalue weighted by molar-refractivity contribution is -0.100. The van der Waals surface area contributed by atoms with E-state index in [1.54, 1.807) is 6.07 Å². The Hall–Kier alpha value is -1.01. The molecule has 1 heterocycles. The molecule has 0 saturated heterocycles. The van der Waals surface area contributed by atoms with Gasteiger partial charge in [0.15, 0.2) is 0 Å². The predicted molar refractivity (Wildman–Crippen MR) is 90.5 cm³/mol. The Labute approximate surface area is 145 Å². The van der Waals surface area contributed by atoms with Gasteiger partial charge in [-0.15, -0.1) is 11.3 Å². The van der Waals surface area contributed by atoms with Crippen LogP contribution in [-0.2, 0) is 0 Å². The fourth-order valence-corrected chi connectivity index (χ4v) is 4.59. The second kappa shape index (κ2) is 6.37. The fraction of sp³-hybridized carbons (Fsp3) is 0.722. The molecule has 3 nitrogen and oxygen atoms in total. The monoisotopic (exact) mass is 354 g/mol. The lowest BCUT2D eigenvalue weighted by Crippen LogP contribution is -2.46. The number of halogens is 2. The van der Waals surface area contributed by atoms with Crippen LogP contribution in [0, 0.1) is 17.8 Å². The summed E-state index contributed by atoms with van der Waals surface area (Å²) in [5.41, 5.74) is 0. The second-order valence-electron chi connectivity index (χ2n) is 7.65. The van der Waals surface area contributed by atoms with E-state index >= 15 is 0 Å². The zero-order valence-corrected chi connectivity index (χ0v) is 14.5. The Balaban J connectivity index is 1.33. The standard InChI is InChI=1S/C18H24F2N2OS/c19-18(20)6-5-12(22-17(23)16-2-1-7-24-16)8-14(18)13-9-15(13)21-10-11-3-4-11/h1-2,7,11-15,21H,3-6,8-10H2,(H,22,23). The van der Waals surface area contributed by atoms with Crippen molar-refractivity contribution in [3.63, 3.8) is 0 Å². The molecule has 6 heteroatoms. The van der Waals surface area contributed by atoms with Gasteiger partial charge < -0.3 is 10.6 Å². The molecule has 0 aliphatic heterocycles. The van der Waals surface area contributed by atoms with Crippen LogP contribution >= 0.6 is 11.3 Å². The first-order valence-electron chi connectivity index (χ1n) is 8.98. The Morgan fingerprint density at radius 2 is 2.12 bits per heavy atom. The summed E-state index contributed by atoms with van der Waals surface area (Å²) < 4.78 is 28.8. The van der Waals surface area contributed by atoms with Crippen molar-refractivity contribution in [1.29, 1.82) is 0 Å². The number of rotatable bonds is 6. The fourth-order valence-electron chi connectivity index (χ4n) is 3.97. The number of carbonyl (C=O) groups excluding carboxylic acids is 1. The van der Waals surface area contributed by atoms with Crippen molar-refractivity contribution in [2.75, 3.05) is 6.54 Å². The van der Waals surface area contributed by atoms with Crippen LogP contribution in [-0.4, -0.2) is 30.5 Å². The third kappa shape index (κ3) is 3.64. The van der Waals surface area contributed by atoms with Gasteiger partial charge in [-0.1, -0.05) is 6.07 Å². The smallest absolute Gasteiger partial charge is 0.261 e. The molecule has 1 aromatic rings. The van der Waals surface area contributed by atoms with Crippen molar-refractivity contribution in [3.05, 3.63) is 22.4 Å². The first-order chi connectivity index (χ1) is 11.5. The maximum atomic E-state index is 14.4. The number of amides is 1. The molecule has 0 bridgehead atoms. The third-order valence-electron chi connectivity index (χ3n) is 5.71. The van der Waals surface area contributed by atoms with Crippen LogP contribution < -0.4 is 10.6 Å². The van der Waals surface area contributed by atoms with Crippen molar-refractivity contribution in [2.24, 2.45) is 17.8 Å². The molecule has 0 spiro atoms. The van der Waals surface area contributed by atoms with Gasteiger partial charge in [0.1, 0.15) is 0 Å². The molecule has 3 fully saturated rings. The van der Waals surface area contributed by atoms with Crippen LogP contribution in [0.1, 0.15) is 48.2 Å². The molecule has 0 aromatic carbocycles.